The van der Waals surface area contributed by atoms with Gasteiger partial charge in [0.2, 0.25) is 0 Å². The van der Waals surface area contributed by atoms with Crippen molar-refractivity contribution in [2.24, 2.45) is 0 Å². The van der Waals surface area contributed by atoms with Crippen molar-refractivity contribution in [2.45, 2.75) is 39.4 Å². The van der Waals surface area contributed by atoms with Crippen LogP contribution in [0.15, 0.2) is 23.0 Å². The summed E-state index contributed by atoms with van der Waals surface area (Å²) < 4.78 is 12.4. The first-order chi connectivity index (χ1) is 13.0. The van der Waals surface area contributed by atoms with Gasteiger partial charge < -0.3 is 14.4 Å². The molecule has 1 aromatic carbocycles. The van der Waals surface area contributed by atoms with Crippen LogP contribution in [0, 0.1) is 25.2 Å². The molecular weight excluding hydrogens is 344 g/mol. The van der Waals surface area contributed by atoms with Crippen LogP contribution >= 0.6 is 0 Å². The zero-order chi connectivity index (χ0) is 19.6. The van der Waals surface area contributed by atoms with Gasteiger partial charge in [-0.3, -0.25) is 4.79 Å². The molecule has 3 rings (SSSR count). The van der Waals surface area contributed by atoms with E-state index in [1.165, 1.54) is 9.58 Å². The van der Waals surface area contributed by atoms with Crippen LogP contribution < -0.4 is 19.9 Å². The van der Waals surface area contributed by atoms with Crippen LogP contribution in [-0.2, 0) is 6.67 Å². The van der Waals surface area contributed by atoms with Crippen molar-refractivity contribution in [3.8, 4) is 17.6 Å². The van der Waals surface area contributed by atoms with Crippen molar-refractivity contribution in [3.05, 3.63) is 50.9 Å². The molecule has 1 aromatic heterocycles. The van der Waals surface area contributed by atoms with E-state index in [1.807, 2.05) is 31.2 Å². The number of nitrogens with one attached hydrogen (secondary N) is 1. The van der Waals surface area contributed by atoms with Crippen molar-refractivity contribution in [1.82, 2.24) is 9.78 Å². The summed E-state index contributed by atoms with van der Waals surface area (Å²) >= 11 is 0. The standard InChI is InChI=1S/C20H24N4O3/c1-13-14(2)22-24(20(25)17(13)11-21)12-23-9-5-6-18(23)16-10-15(26-3)7-8-19(16)27-4/h7-8,10,18H,5-6,9,12H2,1-4H3/p+1/t18-/m0/s1. The lowest BCUT2D eigenvalue weighted by molar-refractivity contribution is -0.941. The lowest BCUT2D eigenvalue weighted by Gasteiger charge is -2.24. The Kier molecular flexibility index (Phi) is 5.47. The zero-order valence-electron chi connectivity index (χ0n) is 16.2. The summed E-state index contributed by atoms with van der Waals surface area (Å²) in [5.74, 6) is 1.60. The molecule has 0 saturated carbocycles. The van der Waals surface area contributed by atoms with E-state index in [2.05, 4.69) is 5.10 Å². The molecule has 0 bridgehead atoms. The van der Waals surface area contributed by atoms with Gasteiger partial charge in [-0.05, 0) is 37.6 Å². The molecule has 0 aliphatic carbocycles. The van der Waals surface area contributed by atoms with E-state index >= 15 is 0 Å². The second-order valence-corrected chi connectivity index (χ2v) is 6.87. The molecule has 2 aromatic rings. The smallest absolute Gasteiger partial charge is 0.289 e. The van der Waals surface area contributed by atoms with E-state index in [9.17, 15) is 10.1 Å². The highest BCUT2D eigenvalue weighted by Crippen LogP contribution is 2.31. The van der Waals surface area contributed by atoms with Crippen LogP contribution in [0.4, 0.5) is 0 Å². The number of quaternary nitrogens is 1. The Morgan fingerprint density at radius 1 is 1.33 bits per heavy atom. The first kappa shape index (κ1) is 18.9. The number of rotatable bonds is 5. The highest BCUT2D eigenvalue weighted by atomic mass is 16.5. The number of nitriles is 1. The molecule has 2 heterocycles. The minimum Gasteiger partial charge on any atom is -0.497 e. The highest BCUT2D eigenvalue weighted by Gasteiger charge is 2.33. The number of nitrogens with zero attached hydrogens (tertiary/aromatic N) is 3. The van der Waals surface area contributed by atoms with Gasteiger partial charge in [-0.2, -0.15) is 15.0 Å². The number of aromatic nitrogens is 2. The Morgan fingerprint density at radius 2 is 2.11 bits per heavy atom. The second-order valence-electron chi connectivity index (χ2n) is 6.87. The van der Waals surface area contributed by atoms with Gasteiger partial charge in [0.25, 0.3) is 5.56 Å². The Labute approximate surface area is 158 Å². The number of aryl methyl sites for hydroxylation is 1. The van der Waals surface area contributed by atoms with E-state index in [0.717, 1.165) is 36.4 Å². The predicted octanol–water partition coefficient (Wildman–Crippen LogP) is 1.13. The second kappa shape index (κ2) is 7.80. The molecule has 2 atom stereocenters. The highest BCUT2D eigenvalue weighted by molar-refractivity contribution is 5.41. The molecule has 142 valence electrons. The van der Waals surface area contributed by atoms with E-state index < -0.39 is 0 Å². The molecular formula is C20H25N4O3+. The molecule has 1 fully saturated rings. The summed E-state index contributed by atoms with van der Waals surface area (Å²) in [6, 6.07) is 8.01. The number of hydrogen-bond acceptors (Lipinski definition) is 5. The van der Waals surface area contributed by atoms with Crippen molar-refractivity contribution in [2.75, 3.05) is 20.8 Å². The number of methoxy groups -OCH3 is 2. The minimum absolute atomic E-state index is 0.177. The Balaban J connectivity index is 1.97. The summed E-state index contributed by atoms with van der Waals surface area (Å²) in [7, 11) is 3.31. The van der Waals surface area contributed by atoms with Crippen LogP contribution in [0.5, 0.6) is 11.5 Å². The molecule has 1 aliphatic rings. The average Bonchev–Trinajstić information content (AvgIpc) is 3.14. The molecule has 7 heteroatoms. The molecule has 1 N–H and O–H groups in total. The van der Waals surface area contributed by atoms with E-state index in [4.69, 9.17) is 9.47 Å². The Morgan fingerprint density at radius 3 is 2.78 bits per heavy atom. The zero-order valence-corrected chi connectivity index (χ0v) is 16.2. The van der Waals surface area contributed by atoms with Crippen LogP contribution in [0.2, 0.25) is 0 Å². The number of ether oxygens (including phenoxy) is 2. The molecule has 1 aliphatic heterocycles. The topological polar surface area (TPSA) is 81.6 Å². The summed E-state index contributed by atoms with van der Waals surface area (Å²) in [6.07, 6.45) is 2.04. The maximum atomic E-state index is 12.6. The first-order valence-electron chi connectivity index (χ1n) is 9.05. The van der Waals surface area contributed by atoms with Gasteiger partial charge in [-0.1, -0.05) is 0 Å². The fraction of sp³-hybridized carbons (Fsp3) is 0.450. The summed E-state index contributed by atoms with van der Waals surface area (Å²) in [5, 5.41) is 13.8. The van der Waals surface area contributed by atoms with Crippen LogP contribution in [0.25, 0.3) is 0 Å². The van der Waals surface area contributed by atoms with Gasteiger partial charge in [0.15, 0.2) is 6.67 Å². The quantitative estimate of drug-likeness (QED) is 0.854. The fourth-order valence-electron chi connectivity index (χ4n) is 3.79. The van der Waals surface area contributed by atoms with Crippen molar-refractivity contribution < 1.29 is 14.4 Å². The van der Waals surface area contributed by atoms with Gasteiger partial charge in [0.1, 0.15) is 29.2 Å². The van der Waals surface area contributed by atoms with Gasteiger partial charge in [0, 0.05) is 12.8 Å². The van der Waals surface area contributed by atoms with E-state index in [1.54, 1.807) is 21.1 Å². The third kappa shape index (κ3) is 3.53. The Bertz CT molecular complexity index is 945. The van der Waals surface area contributed by atoms with Gasteiger partial charge in [-0.15, -0.1) is 0 Å². The number of benzene rings is 1. The monoisotopic (exact) mass is 369 g/mol. The third-order valence-corrected chi connectivity index (χ3v) is 5.40. The normalized spacial score (nSPS) is 18.9. The predicted molar refractivity (Wildman–Crippen MR) is 100 cm³/mol. The first-order valence-corrected chi connectivity index (χ1v) is 9.05. The molecule has 1 saturated heterocycles. The van der Waals surface area contributed by atoms with Crippen molar-refractivity contribution in [3.63, 3.8) is 0 Å². The molecule has 7 nitrogen and oxygen atoms in total. The molecule has 1 unspecified atom stereocenters. The summed E-state index contributed by atoms with van der Waals surface area (Å²) in [6.45, 7) is 4.93. The van der Waals surface area contributed by atoms with Crippen LogP contribution in [0.3, 0.4) is 0 Å². The van der Waals surface area contributed by atoms with Crippen molar-refractivity contribution in [1.29, 1.82) is 5.26 Å². The van der Waals surface area contributed by atoms with Gasteiger partial charge >= 0.3 is 0 Å². The Hall–Kier alpha value is -2.85. The van der Waals surface area contributed by atoms with E-state index in [0.29, 0.717) is 17.9 Å². The maximum absolute atomic E-state index is 12.6. The van der Waals surface area contributed by atoms with Crippen LogP contribution in [-0.4, -0.2) is 30.5 Å². The van der Waals surface area contributed by atoms with Crippen molar-refractivity contribution >= 4 is 0 Å². The lowest BCUT2D eigenvalue weighted by atomic mass is 10.0. The summed E-state index contributed by atoms with van der Waals surface area (Å²) in [4.78, 5) is 13.9. The number of likely N-dealkylation sites (tertiary alicyclic amines) is 1. The van der Waals surface area contributed by atoms with Gasteiger partial charge in [0.05, 0.1) is 32.0 Å². The molecule has 0 spiro atoms. The number of hydrogen-bond donors (Lipinski definition) is 1. The molecule has 27 heavy (non-hydrogen) atoms. The maximum Gasteiger partial charge on any atom is 0.289 e. The minimum atomic E-state index is -0.323. The lowest BCUT2D eigenvalue weighted by Crippen LogP contribution is -3.10. The summed E-state index contributed by atoms with van der Waals surface area (Å²) in [5.41, 5.74) is 2.29. The molecule has 0 amide bonds. The fourth-order valence-corrected chi connectivity index (χ4v) is 3.79. The van der Waals surface area contributed by atoms with E-state index in [-0.39, 0.29) is 17.2 Å². The third-order valence-electron chi connectivity index (χ3n) is 5.40. The largest absolute Gasteiger partial charge is 0.497 e. The average molecular weight is 369 g/mol. The molecule has 0 radical (unpaired) electrons. The van der Waals surface area contributed by atoms with Crippen LogP contribution in [0.1, 0.15) is 41.3 Å². The van der Waals surface area contributed by atoms with Gasteiger partial charge in [-0.25, -0.2) is 0 Å². The SMILES string of the molecule is COc1ccc(OC)c([C@@H]2CCC[NH+]2Cn2nc(C)c(C)c(C#N)c2=O)c1.